The summed E-state index contributed by atoms with van der Waals surface area (Å²) in [5.74, 6) is 0.648. The molecule has 1 aromatic heterocycles. The largest absolute Gasteiger partial charge is 0.391 e. The molecule has 1 unspecified atom stereocenters. The van der Waals surface area contributed by atoms with Crippen molar-refractivity contribution >= 4 is 27.7 Å². The Hall–Kier alpha value is -0.100. The normalized spacial score (nSPS) is 13.1. The van der Waals surface area contributed by atoms with Crippen molar-refractivity contribution in [3.8, 4) is 0 Å². The molecule has 1 heterocycles. The van der Waals surface area contributed by atoms with Crippen LogP contribution >= 0.6 is 27.7 Å². The minimum Gasteiger partial charge on any atom is -0.391 e. The maximum atomic E-state index is 9.72. The molecular weight excluding hydrogens is 288 g/mol. The third-order valence-electron chi connectivity index (χ3n) is 1.90. The monoisotopic (exact) mass is 304 g/mol. The Balaban J connectivity index is 2.31. The van der Waals surface area contributed by atoms with E-state index in [0.717, 1.165) is 9.50 Å². The van der Waals surface area contributed by atoms with Gasteiger partial charge in [0.1, 0.15) is 5.03 Å². The third-order valence-corrected chi connectivity index (χ3v) is 3.95. The van der Waals surface area contributed by atoms with Crippen LogP contribution in [0.25, 0.3) is 0 Å². The number of hydrogen-bond donors (Lipinski definition) is 2. The van der Waals surface area contributed by atoms with Gasteiger partial charge in [0.15, 0.2) is 0 Å². The van der Waals surface area contributed by atoms with Crippen molar-refractivity contribution in [2.24, 2.45) is 0 Å². The molecule has 0 fully saturated rings. The smallest absolute Gasteiger partial charge is 0.110 e. The first kappa shape index (κ1) is 14.0. The van der Waals surface area contributed by atoms with Crippen molar-refractivity contribution in [3.63, 3.8) is 0 Å². The van der Waals surface area contributed by atoms with Crippen LogP contribution in [0.4, 0.5) is 0 Å². The molecule has 1 rings (SSSR count). The fourth-order valence-corrected chi connectivity index (χ4v) is 2.49. The van der Waals surface area contributed by atoms with Crippen molar-refractivity contribution in [3.05, 3.63) is 22.8 Å². The zero-order chi connectivity index (χ0) is 12.0. The number of thioether (sulfide) groups is 1. The molecule has 0 spiro atoms. The first-order valence-corrected chi connectivity index (χ1v) is 7.02. The maximum Gasteiger partial charge on any atom is 0.110 e. The van der Waals surface area contributed by atoms with Crippen molar-refractivity contribution in [2.75, 3.05) is 12.3 Å². The SMILES string of the molecule is CC(C)NCC(O)CSc1ncccc1Br. The zero-order valence-electron chi connectivity index (χ0n) is 9.48. The van der Waals surface area contributed by atoms with Gasteiger partial charge < -0.3 is 10.4 Å². The molecule has 0 amide bonds. The topological polar surface area (TPSA) is 45.1 Å². The lowest BCUT2D eigenvalue weighted by Gasteiger charge is -2.13. The van der Waals surface area contributed by atoms with E-state index in [1.807, 2.05) is 12.1 Å². The Morgan fingerprint density at radius 1 is 1.56 bits per heavy atom. The van der Waals surface area contributed by atoms with E-state index in [9.17, 15) is 5.11 Å². The lowest BCUT2D eigenvalue weighted by atomic mass is 10.3. The Kier molecular flexibility index (Phi) is 6.34. The molecular formula is C11H17BrN2OS. The summed E-state index contributed by atoms with van der Waals surface area (Å²) in [4.78, 5) is 4.23. The third kappa shape index (κ3) is 5.30. The van der Waals surface area contributed by atoms with Crippen molar-refractivity contribution in [1.82, 2.24) is 10.3 Å². The van der Waals surface area contributed by atoms with E-state index in [1.165, 1.54) is 0 Å². The fourth-order valence-electron chi connectivity index (χ4n) is 1.08. The molecule has 0 saturated carbocycles. The molecule has 0 aromatic carbocycles. The Morgan fingerprint density at radius 3 is 2.94 bits per heavy atom. The van der Waals surface area contributed by atoms with Crippen LogP contribution in [0.2, 0.25) is 0 Å². The lowest BCUT2D eigenvalue weighted by molar-refractivity contribution is 0.192. The molecule has 3 nitrogen and oxygen atoms in total. The molecule has 1 aromatic rings. The van der Waals surface area contributed by atoms with Crippen LogP contribution in [-0.4, -0.2) is 34.5 Å². The van der Waals surface area contributed by atoms with Gasteiger partial charge in [-0.15, -0.1) is 11.8 Å². The van der Waals surface area contributed by atoms with Crippen molar-refractivity contribution in [1.29, 1.82) is 0 Å². The van der Waals surface area contributed by atoms with Gasteiger partial charge in [-0.2, -0.15) is 0 Å². The standard InChI is InChI=1S/C11H17BrN2OS/c1-8(2)14-6-9(15)7-16-11-10(12)4-3-5-13-11/h3-5,8-9,14-15H,6-7H2,1-2H3. The van der Waals surface area contributed by atoms with Gasteiger partial charge in [-0.3, -0.25) is 0 Å². The lowest BCUT2D eigenvalue weighted by Crippen LogP contribution is -2.33. The summed E-state index contributed by atoms with van der Waals surface area (Å²) in [6.07, 6.45) is 1.41. The van der Waals surface area contributed by atoms with Gasteiger partial charge in [0.05, 0.1) is 6.10 Å². The van der Waals surface area contributed by atoms with Crippen molar-refractivity contribution in [2.45, 2.75) is 31.0 Å². The highest BCUT2D eigenvalue weighted by Crippen LogP contribution is 2.24. The molecule has 0 aliphatic carbocycles. The van der Waals surface area contributed by atoms with Gasteiger partial charge in [-0.1, -0.05) is 13.8 Å². The molecule has 0 aliphatic rings. The zero-order valence-corrected chi connectivity index (χ0v) is 11.9. The number of aliphatic hydroxyl groups excluding tert-OH is 1. The van der Waals surface area contributed by atoms with E-state index < -0.39 is 0 Å². The van der Waals surface area contributed by atoms with Crippen LogP contribution in [0.3, 0.4) is 0 Å². The van der Waals surface area contributed by atoms with Crippen LogP contribution in [0.5, 0.6) is 0 Å². The van der Waals surface area contributed by atoms with Crippen LogP contribution in [-0.2, 0) is 0 Å². The number of pyridine rings is 1. The van der Waals surface area contributed by atoms with Gasteiger partial charge in [0, 0.05) is 29.0 Å². The molecule has 1 atom stereocenters. The number of nitrogens with zero attached hydrogens (tertiary/aromatic N) is 1. The maximum absolute atomic E-state index is 9.72. The number of hydrogen-bond acceptors (Lipinski definition) is 4. The van der Waals surface area contributed by atoms with Gasteiger partial charge in [-0.25, -0.2) is 4.98 Å². The second-order valence-electron chi connectivity index (χ2n) is 3.82. The fraction of sp³-hybridized carbons (Fsp3) is 0.545. The molecule has 0 aliphatic heterocycles. The number of aromatic nitrogens is 1. The van der Waals surface area contributed by atoms with Crippen LogP contribution < -0.4 is 5.32 Å². The number of nitrogens with one attached hydrogen (secondary N) is 1. The highest BCUT2D eigenvalue weighted by Gasteiger charge is 2.08. The number of rotatable bonds is 6. The quantitative estimate of drug-likeness (QED) is 0.792. The molecule has 2 N–H and O–H groups in total. The number of halogens is 1. The van der Waals surface area contributed by atoms with Gasteiger partial charge >= 0.3 is 0 Å². The summed E-state index contributed by atoms with van der Waals surface area (Å²) in [6, 6.07) is 4.24. The summed E-state index contributed by atoms with van der Waals surface area (Å²) in [5.41, 5.74) is 0. The summed E-state index contributed by atoms with van der Waals surface area (Å²) >= 11 is 4.99. The molecule has 90 valence electrons. The van der Waals surface area contributed by atoms with E-state index in [-0.39, 0.29) is 6.10 Å². The van der Waals surface area contributed by atoms with Crippen molar-refractivity contribution < 1.29 is 5.11 Å². The Morgan fingerprint density at radius 2 is 2.31 bits per heavy atom. The Labute approximate surface area is 109 Å². The van der Waals surface area contributed by atoms with Crippen LogP contribution in [0.1, 0.15) is 13.8 Å². The predicted octanol–water partition coefficient (Wildman–Crippen LogP) is 2.30. The summed E-state index contributed by atoms with van der Waals surface area (Å²) in [6.45, 7) is 4.75. The van der Waals surface area contributed by atoms with Gasteiger partial charge in [0.2, 0.25) is 0 Å². The highest BCUT2D eigenvalue weighted by atomic mass is 79.9. The highest BCUT2D eigenvalue weighted by molar-refractivity contribution is 9.10. The van der Waals surface area contributed by atoms with E-state index >= 15 is 0 Å². The van der Waals surface area contributed by atoms with Gasteiger partial charge in [0.25, 0.3) is 0 Å². The summed E-state index contributed by atoms with van der Waals surface area (Å²) < 4.78 is 0.976. The molecule has 16 heavy (non-hydrogen) atoms. The Bertz CT molecular complexity index is 323. The molecule has 5 heteroatoms. The van der Waals surface area contributed by atoms with E-state index in [0.29, 0.717) is 18.3 Å². The minimum absolute atomic E-state index is 0.346. The second kappa shape index (κ2) is 7.27. The summed E-state index contributed by atoms with van der Waals surface area (Å²) in [7, 11) is 0. The molecule has 0 bridgehead atoms. The van der Waals surface area contributed by atoms with Gasteiger partial charge in [-0.05, 0) is 28.1 Å². The molecule has 0 saturated heterocycles. The second-order valence-corrected chi connectivity index (χ2v) is 5.68. The molecule has 0 radical (unpaired) electrons. The minimum atomic E-state index is -0.346. The number of aliphatic hydroxyl groups is 1. The predicted molar refractivity (Wildman–Crippen MR) is 71.8 cm³/mol. The van der Waals surface area contributed by atoms with E-state index in [4.69, 9.17) is 0 Å². The van der Waals surface area contributed by atoms with Crippen LogP contribution in [0.15, 0.2) is 27.8 Å². The van der Waals surface area contributed by atoms with E-state index in [1.54, 1.807) is 18.0 Å². The summed E-state index contributed by atoms with van der Waals surface area (Å²) in [5, 5.41) is 13.8. The first-order chi connectivity index (χ1) is 7.59. The first-order valence-electron chi connectivity index (χ1n) is 5.24. The average Bonchev–Trinajstić information content (AvgIpc) is 2.25. The van der Waals surface area contributed by atoms with Crippen LogP contribution in [0, 0.1) is 0 Å². The average molecular weight is 305 g/mol. The van der Waals surface area contributed by atoms with E-state index in [2.05, 4.69) is 40.1 Å².